The van der Waals surface area contributed by atoms with Gasteiger partial charge in [0.25, 0.3) is 0 Å². The number of amides is 2. The van der Waals surface area contributed by atoms with E-state index in [0.717, 1.165) is 56.9 Å². The van der Waals surface area contributed by atoms with Gasteiger partial charge in [0.1, 0.15) is 5.75 Å². The summed E-state index contributed by atoms with van der Waals surface area (Å²) in [6.07, 6.45) is 5.08. The van der Waals surface area contributed by atoms with Crippen LogP contribution in [0.4, 0.5) is 0 Å². The Hall–Kier alpha value is -3.29. The topological polar surface area (TPSA) is 74.8 Å². The largest absolute Gasteiger partial charge is 0.492 e. The molecule has 1 N–H and O–H groups in total. The number of piperidine rings is 2. The standard InChI is InChI=1S/C29H30N4O3/c34-26-8-7-25(28(35)31-26)33-16-19-5-6-23-27(22(19)17-33)36-18-29(23)10-13-32(14-11-29)15-20-9-12-30-24-4-2-1-3-21(20)24/h1-6,9,12,25H,7-8,10-11,13-18H2,(H,31,34,35). The molecule has 4 aliphatic rings. The summed E-state index contributed by atoms with van der Waals surface area (Å²) in [5.41, 5.74) is 6.30. The quantitative estimate of drug-likeness (QED) is 0.578. The van der Waals surface area contributed by atoms with Crippen LogP contribution in [0.3, 0.4) is 0 Å². The van der Waals surface area contributed by atoms with Gasteiger partial charge < -0.3 is 4.74 Å². The van der Waals surface area contributed by atoms with Crippen LogP contribution >= 0.6 is 0 Å². The molecule has 2 aromatic carbocycles. The summed E-state index contributed by atoms with van der Waals surface area (Å²) in [6, 6.07) is 14.8. The van der Waals surface area contributed by atoms with Crippen LogP contribution in [0.2, 0.25) is 0 Å². The molecule has 36 heavy (non-hydrogen) atoms. The first-order valence-corrected chi connectivity index (χ1v) is 13.0. The number of para-hydroxylation sites is 1. The number of fused-ring (bicyclic) bond motifs is 5. The number of likely N-dealkylation sites (tertiary alicyclic amines) is 1. The third-order valence-corrected chi connectivity index (χ3v) is 8.75. The number of nitrogens with zero attached hydrogens (tertiary/aromatic N) is 3. The molecule has 1 unspecified atom stereocenters. The van der Waals surface area contributed by atoms with E-state index in [9.17, 15) is 9.59 Å². The van der Waals surface area contributed by atoms with E-state index in [-0.39, 0.29) is 23.3 Å². The van der Waals surface area contributed by atoms with Crippen LogP contribution in [-0.2, 0) is 34.6 Å². The Labute approximate surface area is 210 Å². The molecule has 3 aromatic rings. The van der Waals surface area contributed by atoms with Crippen molar-refractivity contribution in [3.63, 3.8) is 0 Å². The number of ether oxygens (including phenoxy) is 1. The summed E-state index contributed by atoms with van der Waals surface area (Å²) in [5, 5.41) is 3.75. The van der Waals surface area contributed by atoms with E-state index in [1.54, 1.807) is 0 Å². The lowest BCUT2D eigenvalue weighted by molar-refractivity contribution is -0.137. The van der Waals surface area contributed by atoms with Crippen LogP contribution in [0.15, 0.2) is 48.7 Å². The van der Waals surface area contributed by atoms with E-state index in [4.69, 9.17) is 4.74 Å². The van der Waals surface area contributed by atoms with Gasteiger partial charge in [-0.3, -0.25) is 29.7 Å². The molecule has 7 heteroatoms. The molecule has 2 amide bonds. The number of hydrogen-bond donors (Lipinski definition) is 1. The molecule has 0 bridgehead atoms. The maximum absolute atomic E-state index is 12.4. The summed E-state index contributed by atoms with van der Waals surface area (Å²) in [7, 11) is 0. The Kier molecular flexibility index (Phi) is 5.11. The van der Waals surface area contributed by atoms with Gasteiger partial charge in [0.05, 0.1) is 18.2 Å². The number of hydrogen-bond acceptors (Lipinski definition) is 6. The third kappa shape index (κ3) is 3.52. The van der Waals surface area contributed by atoms with Gasteiger partial charge in [-0.2, -0.15) is 0 Å². The summed E-state index contributed by atoms with van der Waals surface area (Å²) in [6.45, 7) is 5.21. The second-order valence-corrected chi connectivity index (χ2v) is 10.8. The Morgan fingerprint density at radius 2 is 1.92 bits per heavy atom. The smallest absolute Gasteiger partial charge is 0.243 e. The molecule has 7 nitrogen and oxygen atoms in total. The molecule has 1 aromatic heterocycles. The molecule has 0 saturated carbocycles. The van der Waals surface area contributed by atoms with Crippen LogP contribution in [0.5, 0.6) is 5.75 Å². The molecule has 4 aliphatic heterocycles. The van der Waals surface area contributed by atoms with Crippen LogP contribution < -0.4 is 10.1 Å². The first-order valence-electron chi connectivity index (χ1n) is 13.0. The van der Waals surface area contributed by atoms with Crippen molar-refractivity contribution in [3.05, 3.63) is 70.9 Å². The van der Waals surface area contributed by atoms with E-state index in [1.807, 2.05) is 12.3 Å². The second-order valence-electron chi connectivity index (χ2n) is 10.8. The van der Waals surface area contributed by atoms with Gasteiger partial charge in [0, 0.05) is 54.2 Å². The molecule has 1 atom stereocenters. The average Bonchev–Trinajstić information content (AvgIpc) is 3.48. The first-order chi connectivity index (χ1) is 17.6. The van der Waals surface area contributed by atoms with E-state index in [1.165, 1.54) is 27.6 Å². The lowest BCUT2D eigenvalue weighted by Crippen LogP contribution is -2.50. The van der Waals surface area contributed by atoms with Crippen LogP contribution in [0.1, 0.15) is 47.9 Å². The summed E-state index contributed by atoms with van der Waals surface area (Å²) < 4.78 is 6.42. The Morgan fingerprint density at radius 1 is 1.06 bits per heavy atom. The fourth-order valence-corrected chi connectivity index (χ4v) is 6.68. The molecule has 1 spiro atoms. The van der Waals surface area contributed by atoms with Crippen molar-refractivity contribution in [2.45, 2.75) is 56.8 Å². The van der Waals surface area contributed by atoms with Crippen molar-refractivity contribution >= 4 is 22.7 Å². The Balaban J connectivity index is 1.07. The highest BCUT2D eigenvalue weighted by molar-refractivity contribution is 6.00. The van der Waals surface area contributed by atoms with Gasteiger partial charge in [-0.15, -0.1) is 0 Å². The number of imide groups is 1. The normalized spacial score (nSPS) is 23.5. The molecule has 0 radical (unpaired) electrons. The van der Waals surface area contributed by atoms with Crippen molar-refractivity contribution < 1.29 is 14.3 Å². The zero-order valence-electron chi connectivity index (χ0n) is 20.3. The minimum Gasteiger partial charge on any atom is -0.492 e. The molecule has 7 rings (SSSR count). The summed E-state index contributed by atoms with van der Waals surface area (Å²) >= 11 is 0. The number of aromatic nitrogens is 1. The Morgan fingerprint density at radius 3 is 2.78 bits per heavy atom. The number of carbonyl (C=O) groups is 2. The number of nitrogens with one attached hydrogen (secondary N) is 1. The fourth-order valence-electron chi connectivity index (χ4n) is 6.68. The summed E-state index contributed by atoms with van der Waals surface area (Å²) in [4.78, 5) is 33.3. The zero-order valence-corrected chi connectivity index (χ0v) is 20.3. The number of carbonyl (C=O) groups excluding carboxylic acids is 2. The van der Waals surface area contributed by atoms with Gasteiger partial charge in [0.2, 0.25) is 11.8 Å². The van der Waals surface area contributed by atoms with E-state index >= 15 is 0 Å². The van der Waals surface area contributed by atoms with Gasteiger partial charge in [-0.25, -0.2) is 0 Å². The molecule has 5 heterocycles. The number of benzene rings is 2. The minimum atomic E-state index is -0.242. The number of rotatable bonds is 3. The van der Waals surface area contributed by atoms with E-state index in [2.05, 4.69) is 56.5 Å². The Bertz CT molecular complexity index is 1370. The van der Waals surface area contributed by atoms with Crippen molar-refractivity contribution in [2.24, 2.45) is 0 Å². The van der Waals surface area contributed by atoms with E-state index < -0.39 is 0 Å². The lowest BCUT2D eigenvalue weighted by atomic mass is 9.74. The molecular formula is C29H30N4O3. The van der Waals surface area contributed by atoms with Crippen LogP contribution in [0, 0.1) is 0 Å². The van der Waals surface area contributed by atoms with E-state index in [0.29, 0.717) is 19.4 Å². The monoisotopic (exact) mass is 482 g/mol. The predicted molar refractivity (Wildman–Crippen MR) is 135 cm³/mol. The van der Waals surface area contributed by atoms with Crippen molar-refractivity contribution in [1.82, 2.24) is 20.1 Å². The first kappa shape index (κ1) is 21.9. The lowest BCUT2D eigenvalue weighted by Gasteiger charge is -2.38. The van der Waals surface area contributed by atoms with Crippen LogP contribution in [-0.4, -0.2) is 52.3 Å². The molecule has 0 aliphatic carbocycles. The van der Waals surface area contributed by atoms with Gasteiger partial charge in [0.15, 0.2) is 0 Å². The predicted octanol–water partition coefficient (Wildman–Crippen LogP) is 3.28. The molecular weight excluding hydrogens is 452 g/mol. The maximum Gasteiger partial charge on any atom is 0.243 e. The highest BCUT2D eigenvalue weighted by atomic mass is 16.5. The van der Waals surface area contributed by atoms with Crippen molar-refractivity contribution in [1.29, 1.82) is 0 Å². The average molecular weight is 483 g/mol. The van der Waals surface area contributed by atoms with Crippen molar-refractivity contribution in [2.75, 3.05) is 19.7 Å². The van der Waals surface area contributed by atoms with Gasteiger partial charge in [-0.1, -0.05) is 30.3 Å². The maximum atomic E-state index is 12.4. The third-order valence-electron chi connectivity index (χ3n) is 8.75. The fraction of sp³-hybridized carbons (Fsp3) is 0.414. The second kappa shape index (κ2) is 8.39. The van der Waals surface area contributed by atoms with Gasteiger partial charge >= 0.3 is 0 Å². The SMILES string of the molecule is O=C1CCC(N2Cc3ccc4c(c3C2)OCC42CCN(Cc3ccnc4ccccc34)CC2)C(=O)N1. The highest BCUT2D eigenvalue weighted by Crippen LogP contribution is 2.49. The van der Waals surface area contributed by atoms with Gasteiger partial charge in [-0.05, 0) is 55.6 Å². The molecule has 184 valence electrons. The van der Waals surface area contributed by atoms with Crippen molar-refractivity contribution in [3.8, 4) is 5.75 Å². The highest BCUT2D eigenvalue weighted by Gasteiger charge is 2.46. The summed E-state index contributed by atoms with van der Waals surface area (Å²) in [5.74, 6) is 0.723. The number of pyridine rings is 1. The van der Waals surface area contributed by atoms with Crippen LogP contribution in [0.25, 0.3) is 10.9 Å². The molecule has 2 fully saturated rings. The zero-order chi connectivity index (χ0) is 24.3. The minimum absolute atomic E-state index is 0.0726. The molecule has 2 saturated heterocycles.